The van der Waals surface area contributed by atoms with E-state index < -0.39 is 8.03 Å². The van der Waals surface area contributed by atoms with Crippen LogP contribution >= 0.6 is 8.03 Å². The number of nitrogens with zero attached hydrogens (tertiary/aromatic N) is 1. The molecule has 3 atom stereocenters. The Morgan fingerprint density at radius 2 is 1.30 bits per heavy atom. The Hall–Kier alpha value is -0.240. The second-order valence-corrected chi connectivity index (χ2v) is 10.4. The largest absolute Gasteiger partial charge is 0.591 e. The minimum absolute atomic E-state index is 0.300. The molecule has 0 saturated heterocycles. The van der Waals surface area contributed by atoms with Crippen molar-refractivity contribution >= 4 is 8.03 Å². The van der Waals surface area contributed by atoms with Gasteiger partial charge in [-0.25, -0.2) is 0 Å². The van der Waals surface area contributed by atoms with E-state index in [1.165, 1.54) is 77.0 Å². The van der Waals surface area contributed by atoms with E-state index >= 15 is 0 Å². The zero-order valence-electron chi connectivity index (χ0n) is 18.9. The van der Waals surface area contributed by atoms with E-state index in [9.17, 15) is 9.46 Å². The Morgan fingerprint density at radius 1 is 0.852 bits per heavy atom. The SMILES string of the molecule is CCCCCCCCCCCCCC/C=C\C(C)CC([P+](=O)[O-])[N+](C)(C)C. The molecule has 0 radical (unpaired) electrons. The average Bonchev–Trinajstić information content (AvgIpc) is 2.58. The maximum absolute atomic E-state index is 11.5. The lowest BCUT2D eigenvalue weighted by molar-refractivity contribution is -0.883. The van der Waals surface area contributed by atoms with Gasteiger partial charge in [0.2, 0.25) is 0 Å². The molecule has 0 rings (SSSR count). The zero-order valence-corrected chi connectivity index (χ0v) is 19.8. The summed E-state index contributed by atoms with van der Waals surface area (Å²) in [4.78, 5) is 11.5. The van der Waals surface area contributed by atoms with Gasteiger partial charge in [-0.3, -0.25) is 4.48 Å². The number of rotatable bonds is 18. The molecule has 0 amide bonds. The predicted octanol–water partition coefficient (Wildman–Crippen LogP) is 6.80. The summed E-state index contributed by atoms with van der Waals surface area (Å²) in [6.45, 7) is 4.40. The fraction of sp³-hybridized carbons (Fsp3) is 0.913. The van der Waals surface area contributed by atoms with Gasteiger partial charge in [0.15, 0.2) is 0 Å². The summed E-state index contributed by atoms with van der Waals surface area (Å²) in [7, 11) is 3.49. The molecule has 0 N–H and O–H groups in total. The summed E-state index contributed by atoms with van der Waals surface area (Å²) >= 11 is 0. The van der Waals surface area contributed by atoms with Crippen LogP contribution in [0.5, 0.6) is 0 Å². The number of quaternary nitrogens is 1. The highest BCUT2D eigenvalue weighted by atomic mass is 31.1. The zero-order chi connectivity index (χ0) is 20.5. The highest BCUT2D eigenvalue weighted by Gasteiger charge is 2.35. The summed E-state index contributed by atoms with van der Waals surface area (Å²) in [6.07, 6.45) is 22.9. The lowest BCUT2D eigenvalue weighted by Gasteiger charge is -2.28. The Balaban J connectivity index is 3.60. The Bertz CT molecular complexity index is 390. The molecule has 0 spiro atoms. The minimum atomic E-state index is -2.38. The smallest absolute Gasteiger partial charge is 0.373 e. The van der Waals surface area contributed by atoms with Crippen molar-refractivity contribution in [2.75, 3.05) is 21.1 Å². The Labute approximate surface area is 171 Å². The molecule has 0 heterocycles. The predicted molar refractivity (Wildman–Crippen MR) is 118 cm³/mol. The summed E-state index contributed by atoms with van der Waals surface area (Å²) in [5.74, 6) is 0.0175. The van der Waals surface area contributed by atoms with Gasteiger partial charge < -0.3 is 4.89 Å². The highest BCUT2D eigenvalue weighted by Crippen LogP contribution is 2.30. The molecular weight excluding hydrogens is 353 g/mol. The maximum atomic E-state index is 11.5. The van der Waals surface area contributed by atoms with Crippen LogP contribution in [0.2, 0.25) is 0 Å². The van der Waals surface area contributed by atoms with Crippen molar-refractivity contribution in [3.63, 3.8) is 0 Å². The number of hydrogen-bond donors (Lipinski definition) is 0. The van der Waals surface area contributed by atoms with E-state index in [4.69, 9.17) is 0 Å². The Kier molecular flexibility index (Phi) is 16.5. The fourth-order valence-electron chi connectivity index (χ4n) is 3.53. The van der Waals surface area contributed by atoms with Crippen molar-refractivity contribution in [3.05, 3.63) is 12.2 Å². The third kappa shape index (κ3) is 16.4. The van der Waals surface area contributed by atoms with Gasteiger partial charge in [0, 0.05) is 0 Å². The van der Waals surface area contributed by atoms with Crippen LogP contribution in [0, 0.1) is 5.92 Å². The lowest BCUT2D eigenvalue weighted by atomic mass is 10.0. The van der Waals surface area contributed by atoms with Crippen LogP contribution in [0.4, 0.5) is 0 Å². The monoisotopic (exact) mass is 400 g/mol. The van der Waals surface area contributed by atoms with E-state index in [0.717, 1.165) is 6.42 Å². The highest BCUT2D eigenvalue weighted by molar-refractivity contribution is 7.37. The molecule has 0 bridgehead atoms. The van der Waals surface area contributed by atoms with E-state index in [2.05, 4.69) is 26.0 Å². The molecule has 160 valence electrons. The van der Waals surface area contributed by atoms with E-state index in [1.807, 2.05) is 21.1 Å². The van der Waals surface area contributed by atoms with Gasteiger partial charge in [0.25, 0.3) is 5.78 Å². The first kappa shape index (κ1) is 26.8. The molecule has 0 aliphatic heterocycles. The van der Waals surface area contributed by atoms with Crippen molar-refractivity contribution in [2.45, 2.75) is 110 Å². The van der Waals surface area contributed by atoms with Gasteiger partial charge in [0.1, 0.15) is 0 Å². The standard InChI is InChI=1S/C23H47NO2P/c1-6-7-8-9-10-11-12-13-14-15-16-17-18-19-20-22(2)21-23(27(25)26)24(3,4)5/h19-20,22-23H,6-18,21H2,1-5H3/q+1/b20-19-. The topological polar surface area (TPSA) is 40.1 Å². The molecule has 0 fully saturated rings. The molecule has 3 nitrogen and oxygen atoms in total. The molecule has 0 aliphatic rings. The van der Waals surface area contributed by atoms with Crippen molar-refractivity contribution < 1.29 is 13.9 Å². The van der Waals surface area contributed by atoms with Gasteiger partial charge in [-0.15, -0.1) is 0 Å². The maximum Gasteiger partial charge on any atom is 0.373 e. The van der Waals surface area contributed by atoms with Crippen LogP contribution in [-0.2, 0) is 4.57 Å². The first-order valence-electron chi connectivity index (χ1n) is 11.4. The average molecular weight is 401 g/mol. The first-order chi connectivity index (χ1) is 12.8. The van der Waals surface area contributed by atoms with Crippen molar-refractivity contribution in [1.29, 1.82) is 0 Å². The van der Waals surface area contributed by atoms with E-state index in [1.54, 1.807) is 0 Å². The molecule has 27 heavy (non-hydrogen) atoms. The minimum Gasteiger partial charge on any atom is -0.591 e. The van der Waals surface area contributed by atoms with Crippen LogP contribution in [0.1, 0.15) is 104 Å². The van der Waals surface area contributed by atoms with Gasteiger partial charge in [-0.05, 0) is 18.8 Å². The second kappa shape index (κ2) is 16.7. The van der Waals surface area contributed by atoms with Crippen LogP contribution in [0.3, 0.4) is 0 Å². The van der Waals surface area contributed by atoms with Crippen LogP contribution in [0.25, 0.3) is 0 Å². The number of unbranched alkanes of at least 4 members (excludes halogenated alkanes) is 12. The third-order valence-corrected chi connectivity index (χ3v) is 6.80. The van der Waals surface area contributed by atoms with E-state index in [-0.39, 0.29) is 5.78 Å². The quantitative estimate of drug-likeness (QED) is 0.110. The summed E-state index contributed by atoms with van der Waals surface area (Å²) < 4.78 is 12.0. The van der Waals surface area contributed by atoms with Crippen LogP contribution < -0.4 is 4.89 Å². The van der Waals surface area contributed by atoms with Crippen LogP contribution in [0.15, 0.2) is 12.2 Å². The van der Waals surface area contributed by atoms with Gasteiger partial charge in [-0.2, -0.15) is 0 Å². The van der Waals surface area contributed by atoms with Crippen LogP contribution in [-0.4, -0.2) is 31.4 Å². The second-order valence-electron chi connectivity index (χ2n) is 9.20. The van der Waals surface area contributed by atoms with Gasteiger partial charge in [0.05, 0.1) is 27.6 Å². The molecule has 4 heteroatoms. The van der Waals surface area contributed by atoms with Crippen molar-refractivity contribution in [2.24, 2.45) is 5.92 Å². The summed E-state index contributed by atoms with van der Waals surface area (Å²) in [6, 6.07) is 0. The molecule has 0 aromatic carbocycles. The number of hydrogen-bond acceptors (Lipinski definition) is 2. The molecule has 0 saturated carbocycles. The summed E-state index contributed by atoms with van der Waals surface area (Å²) in [5, 5.41) is 0. The number of allylic oxidation sites excluding steroid dienone is 2. The van der Waals surface area contributed by atoms with E-state index in [0.29, 0.717) is 16.8 Å². The molecule has 0 aliphatic carbocycles. The third-order valence-electron chi connectivity index (χ3n) is 5.41. The lowest BCUT2D eigenvalue weighted by Crippen LogP contribution is -2.44. The molecule has 0 aromatic rings. The van der Waals surface area contributed by atoms with Crippen molar-refractivity contribution in [3.8, 4) is 0 Å². The molecular formula is C23H47NO2P+. The summed E-state index contributed by atoms with van der Waals surface area (Å²) in [5.41, 5.74) is 0. The van der Waals surface area contributed by atoms with Gasteiger partial charge >= 0.3 is 8.03 Å². The fourth-order valence-corrected chi connectivity index (χ4v) is 4.60. The van der Waals surface area contributed by atoms with Crippen molar-refractivity contribution in [1.82, 2.24) is 0 Å². The van der Waals surface area contributed by atoms with Gasteiger partial charge in [-0.1, -0.05) is 101 Å². The molecule has 0 aromatic heterocycles. The normalized spacial score (nSPS) is 15.3. The first-order valence-corrected chi connectivity index (χ1v) is 12.6. The Morgan fingerprint density at radius 3 is 1.70 bits per heavy atom. The molecule has 3 unspecified atom stereocenters.